The molecule has 4 atom stereocenters. The molecule has 8 nitrogen and oxygen atoms in total. The summed E-state index contributed by atoms with van der Waals surface area (Å²) < 4.78 is 15.9. The second-order valence-electron chi connectivity index (χ2n) is 10.5. The number of pyridine rings is 1. The summed E-state index contributed by atoms with van der Waals surface area (Å²) in [5, 5.41) is 20.9. The van der Waals surface area contributed by atoms with Crippen LogP contribution in [0.25, 0.3) is 33.2 Å². The molecule has 1 saturated heterocycles. The number of nitrogens with zero attached hydrogens (tertiary/aromatic N) is 5. The van der Waals surface area contributed by atoms with Crippen molar-refractivity contribution in [3.05, 3.63) is 65.3 Å². The zero-order valence-corrected chi connectivity index (χ0v) is 20.9. The Morgan fingerprint density at radius 3 is 2.69 bits per heavy atom. The minimum Gasteiger partial charge on any atom is -0.381 e. The molecule has 2 aliphatic rings. The summed E-state index contributed by atoms with van der Waals surface area (Å²) in [5.74, 6) is 1.06. The molecule has 4 aromatic heterocycles. The molecule has 0 saturated carbocycles. The first kappa shape index (κ1) is 21.8. The SMILES string of the molecule is Cc1noc(C)c1-c1cnc2c3c4c(nn3C)C(C)(O)C3CC(CCO3)[C@@H](c3ccccc3)n4c2c1. The molecule has 6 heterocycles. The Kier molecular flexibility index (Phi) is 4.54. The third-order valence-electron chi connectivity index (χ3n) is 8.23. The van der Waals surface area contributed by atoms with E-state index < -0.39 is 5.60 Å². The molecule has 0 aliphatic carbocycles. The molecule has 1 fully saturated rings. The van der Waals surface area contributed by atoms with E-state index in [2.05, 4.69) is 46.1 Å². The number of benzene rings is 1. The van der Waals surface area contributed by atoms with Gasteiger partial charge in [0, 0.05) is 31.0 Å². The maximum absolute atomic E-state index is 11.9. The lowest BCUT2D eigenvalue weighted by molar-refractivity contribution is -0.140. The lowest BCUT2D eigenvalue weighted by Crippen LogP contribution is -2.46. The molecule has 0 spiro atoms. The van der Waals surface area contributed by atoms with Crippen LogP contribution in [0.4, 0.5) is 0 Å². The van der Waals surface area contributed by atoms with Crippen LogP contribution >= 0.6 is 0 Å². The van der Waals surface area contributed by atoms with Crippen molar-refractivity contribution in [1.29, 1.82) is 0 Å². The summed E-state index contributed by atoms with van der Waals surface area (Å²) in [6.45, 7) is 6.34. The quantitative estimate of drug-likeness (QED) is 0.388. The molecule has 2 bridgehead atoms. The first-order valence-electron chi connectivity index (χ1n) is 12.6. The first-order valence-corrected chi connectivity index (χ1v) is 12.6. The normalized spacial score (nSPS) is 25.9. The van der Waals surface area contributed by atoms with Gasteiger partial charge in [0.2, 0.25) is 0 Å². The van der Waals surface area contributed by atoms with Gasteiger partial charge >= 0.3 is 0 Å². The molecule has 0 radical (unpaired) electrons. The minimum atomic E-state index is -1.23. The zero-order chi connectivity index (χ0) is 24.8. The molecular weight excluding hydrogens is 454 g/mol. The van der Waals surface area contributed by atoms with Crippen LogP contribution in [0.5, 0.6) is 0 Å². The summed E-state index contributed by atoms with van der Waals surface area (Å²) in [7, 11) is 1.93. The third kappa shape index (κ3) is 2.85. The van der Waals surface area contributed by atoms with Gasteiger partial charge in [-0.3, -0.25) is 9.67 Å². The van der Waals surface area contributed by atoms with Gasteiger partial charge in [0.05, 0.1) is 28.9 Å². The van der Waals surface area contributed by atoms with Crippen molar-refractivity contribution in [1.82, 2.24) is 24.5 Å². The molecule has 1 aromatic carbocycles. The maximum Gasteiger partial charge on any atom is 0.141 e. The average Bonchev–Trinajstić information content (AvgIpc) is 3.51. The van der Waals surface area contributed by atoms with Crippen LogP contribution in [-0.4, -0.2) is 42.3 Å². The molecule has 2 aliphatic heterocycles. The van der Waals surface area contributed by atoms with Crippen molar-refractivity contribution < 1.29 is 14.4 Å². The molecule has 36 heavy (non-hydrogen) atoms. The van der Waals surface area contributed by atoms with Gasteiger partial charge in [-0.25, -0.2) is 0 Å². The zero-order valence-electron chi connectivity index (χ0n) is 20.9. The topological polar surface area (TPSA) is 91.1 Å². The number of aryl methyl sites for hydroxylation is 3. The summed E-state index contributed by atoms with van der Waals surface area (Å²) in [6, 6.07) is 12.9. The number of hydrogen-bond donors (Lipinski definition) is 1. The van der Waals surface area contributed by atoms with Crippen molar-refractivity contribution in [3.63, 3.8) is 0 Å². The van der Waals surface area contributed by atoms with Crippen LogP contribution < -0.4 is 0 Å². The Hall–Kier alpha value is -3.49. The highest BCUT2D eigenvalue weighted by Gasteiger charge is 2.47. The van der Waals surface area contributed by atoms with Crippen LogP contribution in [0.2, 0.25) is 0 Å². The Morgan fingerprint density at radius 2 is 1.94 bits per heavy atom. The van der Waals surface area contributed by atoms with Gasteiger partial charge in [-0.1, -0.05) is 35.5 Å². The summed E-state index contributed by atoms with van der Waals surface area (Å²) in [4.78, 5) is 4.98. The van der Waals surface area contributed by atoms with Crippen molar-refractivity contribution in [2.24, 2.45) is 13.0 Å². The number of fused-ring (bicyclic) bond motifs is 5. The Bertz CT molecular complexity index is 1610. The molecule has 0 amide bonds. The predicted octanol–water partition coefficient (Wildman–Crippen LogP) is 4.80. The molecule has 184 valence electrons. The van der Waals surface area contributed by atoms with Crippen molar-refractivity contribution in [2.45, 2.75) is 51.4 Å². The largest absolute Gasteiger partial charge is 0.381 e. The van der Waals surface area contributed by atoms with E-state index in [4.69, 9.17) is 19.3 Å². The lowest BCUT2D eigenvalue weighted by Gasteiger charge is -2.43. The van der Waals surface area contributed by atoms with E-state index in [1.54, 1.807) is 0 Å². The van der Waals surface area contributed by atoms with Gasteiger partial charge in [-0.15, -0.1) is 0 Å². The fourth-order valence-corrected chi connectivity index (χ4v) is 6.54. The second kappa shape index (κ2) is 7.51. The van der Waals surface area contributed by atoms with Crippen LogP contribution in [0.1, 0.15) is 48.5 Å². The van der Waals surface area contributed by atoms with Gasteiger partial charge in [0.1, 0.15) is 28.1 Å². The number of aromatic nitrogens is 5. The molecular formula is C28H29N5O3. The van der Waals surface area contributed by atoms with Crippen molar-refractivity contribution >= 4 is 22.1 Å². The fourth-order valence-electron chi connectivity index (χ4n) is 6.54. The van der Waals surface area contributed by atoms with E-state index in [0.717, 1.165) is 57.5 Å². The summed E-state index contributed by atoms with van der Waals surface area (Å²) in [5.41, 5.74) is 7.18. The van der Waals surface area contributed by atoms with E-state index in [-0.39, 0.29) is 18.1 Å². The minimum absolute atomic E-state index is 0.0540. The molecule has 8 heteroatoms. The van der Waals surface area contributed by atoms with E-state index in [1.807, 2.05) is 38.7 Å². The van der Waals surface area contributed by atoms with E-state index in [9.17, 15) is 5.11 Å². The third-order valence-corrected chi connectivity index (χ3v) is 8.23. The Balaban J connectivity index is 1.63. The Labute approximate surface area is 208 Å². The highest BCUT2D eigenvalue weighted by atomic mass is 16.5. The summed E-state index contributed by atoms with van der Waals surface area (Å²) >= 11 is 0. The standard InChI is InChI=1S/C28H29N5O3/c1-15-22(16(2)36-31-15)19-12-20-23(29-14-19)25-26-27(30-32(25)4)28(3,34)21-13-18(10-11-35-21)24(33(20)26)17-8-6-5-7-9-17/h5-9,12,14,18,21,24,34H,10-11,13H2,1-4H3/t18?,21?,24-,28?/m1/s1. The van der Waals surface area contributed by atoms with Crippen LogP contribution in [0, 0.1) is 19.8 Å². The highest BCUT2D eigenvalue weighted by Crippen LogP contribution is 2.49. The van der Waals surface area contributed by atoms with Gasteiger partial charge in [0.25, 0.3) is 0 Å². The fraction of sp³-hybridized carbons (Fsp3) is 0.393. The van der Waals surface area contributed by atoms with Crippen molar-refractivity contribution in [3.8, 4) is 11.1 Å². The first-order chi connectivity index (χ1) is 17.4. The smallest absolute Gasteiger partial charge is 0.141 e. The highest BCUT2D eigenvalue weighted by molar-refractivity contribution is 6.06. The number of rotatable bonds is 2. The van der Waals surface area contributed by atoms with Crippen LogP contribution in [0.3, 0.4) is 0 Å². The number of hydrogen-bond acceptors (Lipinski definition) is 6. The molecule has 7 rings (SSSR count). The van der Waals surface area contributed by atoms with E-state index in [1.165, 1.54) is 5.56 Å². The second-order valence-corrected chi connectivity index (χ2v) is 10.5. The van der Waals surface area contributed by atoms with Gasteiger partial charge in [-0.2, -0.15) is 5.10 Å². The molecule has 1 N–H and O–H groups in total. The van der Waals surface area contributed by atoms with E-state index >= 15 is 0 Å². The van der Waals surface area contributed by atoms with Gasteiger partial charge in [0.15, 0.2) is 0 Å². The maximum atomic E-state index is 11.9. The van der Waals surface area contributed by atoms with Crippen LogP contribution in [0.15, 0.2) is 47.1 Å². The van der Waals surface area contributed by atoms with Gasteiger partial charge < -0.3 is 18.9 Å². The number of aliphatic hydroxyl groups is 1. The van der Waals surface area contributed by atoms with Crippen molar-refractivity contribution in [2.75, 3.05) is 6.61 Å². The summed E-state index contributed by atoms with van der Waals surface area (Å²) in [6.07, 6.45) is 3.24. The van der Waals surface area contributed by atoms with E-state index in [0.29, 0.717) is 12.3 Å². The predicted molar refractivity (Wildman–Crippen MR) is 136 cm³/mol. The average molecular weight is 484 g/mol. The number of ether oxygens (including phenoxy) is 1. The lowest BCUT2D eigenvalue weighted by atomic mass is 9.78. The molecule has 3 unspecified atom stereocenters. The van der Waals surface area contributed by atoms with Crippen LogP contribution in [-0.2, 0) is 17.4 Å². The van der Waals surface area contributed by atoms with Gasteiger partial charge in [-0.05, 0) is 51.2 Å². The monoisotopic (exact) mass is 483 g/mol. The molecule has 5 aromatic rings. The Morgan fingerprint density at radius 1 is 1.14 bits per heavy atom.